The lowest BCUT2D eigenvalue weighted by Gasteiger charge is -2.14. The van der Waals surface area contributed by atoms with Gasteiger partial charge in [0.2, 0.25) is 11.8 Å². The first-order valence-electron chi connectivity index (χ1n) is 11.6. The van der Waals surface area contributed by atoms with Gasteiger partial charge in [-0.3, -0.25) is 9.59 Å². The van der Waals surface area contributed by atoms with Gasteiger partial charge in [-0.2, -0.15) is 0 Å². The number of thiazole rings is 1. The summed E-state index contributed by atoms with van der Waals surface area (Å²) in [7, 11) is 0. The molecule has 7 heteroatoms. The molecule has 3 aromatic carbocycles. The van der Waals surface area contributed by atoms with E-state index in [0.29, 0.717) is 17.2 Å². The Labute approximate surface area is 219 Å². The Balaban J connectivity index is 1.35. The number of nitrogens with zero attached hydrogens (tertiary/aromatic N) is 1. The van der Waals surface area contributed by atoms with Crippen LogP contribution in [0.4, 0.5) is 10.8 Å². The van der Waals surface area contributed by atoms with Gasteiger partial charge in [0.1, 0.15) is 0 Å². The number of thioether (sulfide) groups is 1. The molecule has 0 aliphatic rings. The van der Waals surface area contributed by atoms with Crippen LogP contribution >= 0.6 is 23.1 Å². The number of rotatable bonds is 9. The van der Waals surface area contributed by atoms with Crippen molar-refractivity contribution in [3.05, 3.63) is 101 Å². The third-order valence-electron chi connectivity index (χ3n) is 5.35. The summed E-state index contributed by atoms with van der Waals surface area (Å²) in [5, 5.41) is 8.09. The van der Waals surface area contributed by atoms with E-state index >= 15 is 0 Å². The molecule has 0 radical (unpaired) electrons. The van der Waals surface area contributed by atoms with Crippen LogP contribution in [0.25, 0.3) is 17.3 Å². The van der Waals surface area contributed by atoms with Crippen LogP contribution in [0.1, 0.15) is 24.5 Å². The van der Waals surface area contributed by atoms with Crippen molar-refractivity contribution in [2.24, 2.45) is 0 Å². The van der Waals surface area contributed by atoms with Gasteiger partial charge in [0.15, 0.2) is 5.13 Å². The van der Waals surface area contributed by atoms with E-state index in [1.54, 1.807) is 6.08 Å². The minimum Gasteiger partial charge on any atom is -0.322 e. The summed E-state index contributed by atoms with van der Waals surface area (Å²) in [5.74, 6) is -0.300. The second-order valence-electron chi connectivity index (χ2n) is 8.17. The van der Waals surface area contributed by atoms with Crippen molar-refractivity contribution < 1.29 is 9.59 Å². The third-order valence-corrected chi connectivity index (χ3v) is 7.47. The molecule has 182 valence electrons. The highest BCUT2D eigenvalue weighted by Gasteiger charge is 2.20. The Kier molecular flexibility index (Phi) is 8.71. The number of hydrogen-bond acceptors (Lipinski definition) is 5. The van der Waals surface area contributed by atoms with Crippen molar-refractivity contribution in [2.45, 2.75) is 30.4 Å². The predicted octanol–water partition coefficient (Wildman–Crippen LogP) is 7.28. The maximum atomic E-state index is 13.0. The lowest BCUT2D eigenvalue weighted by atomic mass is 10.1. The molecular weight excluding hydrogens is 486 g/mol. The van der Waals surface area contributed by atoms with Crippen LogP contribution in [-0.4, -0.2) is 22.0 Å². The topological polar surface area (TPSA) is 71.1 Å². The minimum absolute atomic E-state index is 0.0902. The summed E-state index contributed by atoms with van der Waals surface area (Å²) in [4.78, 5) is 30.8. The first kappa shape index (κ1) is 25.4. The van der Waals surface area contributed by atoms with E-state index in [1.165, 1.54) is 34.7 Å². The summed E-state index contributed by atoms with van der Waals surface area (Å²) in [6, 6.07) is 25.4. The van der Waals surface area contributed by atoms with Crippen LogP contribution in [0, 0.1) is 6.92 Å². The summed E-state index contributed by atoms with van der Waals surface area (Å²) >= 11 is 2.88. The van der Waals surface area contributed by atoms with E-state index in [0.717, 1.165) is 21.7 Å². The SMILES string of the molecule is CCC(Sc1cccc(NC(=O)/C=C/c2ccccc2)c1)C(=O)Nc1nc(-c2ccc(C)cc2)cs1. The molecule has 0 saturated carbocycles. The highest BCUT2D eigenvalue weighted by atomic mass is 32.2. The quantitative estimate of drug-likeness (QED) is 0.182. The van der Waals surface area contributed by atoms with Gasteiger partial charge in [0, 0.05) is 27.6 Å². The molecule has 1 atom stereocenters. The number of benzene rings is 3. The molecule has 0 fully saturated rings. The molecule has 0 saturated heterocycles. The number of carbonyl (C=O) groups is 2. The Bertz CT molecular complexity index is 1350. The smallest absolute Gasteiger partial charge is 0.248 e. The molecule has 1 unspecified atom stereocenters. The largest absolute Gasteiger partial charge is 0.322 e. The van der Waals surface area contributed by atoms with Gasteiger partial charge in [0.25, 0.3) is 0 Å². The molecular formula is C29H27N3O2S2. The molecule has 2 amide bonds. The van der Waals surface area contributed by atoms with Crippen molar-refractivity contribution in [1.29, 1.82) is 0 Å². The van der Waals surface area contributed by atoms with Crippen LogP contribution in [0.2, 0.25) is 0 Å². The molecule has 0 spiro atoms. The van der Waals surface area contributed by atoms with Gasteiger partial charge in [-0.05, 0) is 43.2 Å². The zero-order valence-corrected chi connectivity index (χ0v) is 21.7. The molecule has 4 rings (SSSR count). The average molecular weight is 514 g/mol. The summed E-state index contributed by atoms with van der Waals surface area (Å²) in [6.45, 7) is 4.03. The second-order valence-corrected chi connectivity index (χ2v) is 10.3. The molecule has 1 aromatic heterocycles. The number of amides is 2. The van der Waals surface area contributed by atoms with E-state index in [9.17, 15) is 9.59 Å². The van der Waals surface area contributed by atoms with Crippen molar-refractivity contribution in [3.63, 3.8) is 0 Å². The van der Waals surface area contributed by atoms with E-state index in [1.807, 2.05) is 98.1 Å². The van der Waals surface area contributed by atoms with Gasteiger partial charge in [0.05, 0.1) is 10.9 Å². The maximum Gasteiger partial charge on any atom is 0.248 e. The number of nitrogens with one attached hydrogen (secondary N) is 2. The average Bonchev–Trinajstić information content (AvgIpc) is 3.35. The number of hydrogen-bond donors (Lipinski definition) is 2. The molecule has 36 heavy (non-hydrogen) atoms. The summed E-state index contributed by atoms with van der Waals surface area (Å²) < 4.78 is 0. The number of aromatic nitrogens is 1. The fourth-order valence-corrected chi connectivity index (χ4v) is 5.16. The van der Waals surface area contributed by atoms with Crippen molar-refractivity contribution in [3.8, 4) is 11.3 Å². The van der Waals surface area contributed by atoms with Crippen LogP contribution in [0.3, 0.4) is 0 Å². The van der Waals surface area contributed by atoms with Crippen molar-refractivity contribution in [1.82, 2.24) is 4.98 Å². The number of anilines is 2. The monoisotopic (exact) mass is 513 g/mol. The normalized spacial score (nSPS) is 11.8. The van der Waals surface area contributed by atoms with Crippen LogP contribution < -0.4 is 10.6 Å². The first-order valence-corrected chi connectivity index (χ1v) is 13.4. The van der Waals surface area contributed by atoms with Gasteiger partial charge in [-0.15, -0.1) is 23.1 Å². The van der Waals surface area contributed by atoms with E-state index in [4.69, 9.17) is 0 Å². The summed E-state index contributed by atoms with van der Waals surface area (Å²) in [5.41, 5.74) is 4.70. The van der Waals surface area contributed by atoms with Crippen LogP contribution in [-0.2, 0) is 9.59 Å². The lowest BCUT2D eigenvalue weighted by molar-refractivity contribution is -0.115. The van der Waals surface area contributed by atoms with Gasteiger partial charge >= 0.3 is 0 Å². The Morgan fingerprint density at radius 2 is 1.78 bits per heavy atom. The molecule has 2 N–H and O–H groups in total. The molecule has 5 nitrogen and oxygen atoms in total. The number of aryl methyl sites for hydroxylation is 1. The Hall–Kier alpha value is -3.68. The molecule has 0 bridgehead atoms. The minimum atomic E-state index is -0.291. The van der Waals surface area contributed by atoms with Crippen molar-refractivity contribution in [2.75, 3.05) is 10.6 Å². The predicted molar refractivity (Wildman–Crippen MR) is 151 cm³/mol. The fourth-order valence-electron chi connectivity index (χ4n) is 3.43. The molecule has 1 heterocycles. The Morgan fingerprint density at radius 3 is 2.53 bits per heavy atom. The third kappa shape index (κ3) is 7.16. The van der Waals surface area contributed by atoms with Gasteiger partial charge in [-0.25, -0.2) is 4.98 Å². The van der Waals surface area contributed by atoms with Crippen LogP contribution in [0.15, 0.2) is 95.2 Å². The highest BCUT2D eigenvalue weighted by Crippen LogP contribution is 2.30. The fraction of sp³-hybridized carbons (Fsp3) is 0.138. The Morgan fingerprint density at radius 1 is 1.00 bits per heavy atom. The van der Waals surface area contributed by atoms with Gasteiger partial charge in [-0.1, -0.05) is 73.2 Å². The van der Waals surface area contributed by atoms with Crippen molar-refractivity contribution >= 4 is 51.8 Å². The second kappa shape index (κ2) is 12.3. The maximum absolute atomic E-state index is 13.0. The van der Waals surface area contributed by atoms with Crippen LogP contribution in [0.5, 0.6) is 0 Å². The molecule has 0 aliphatic heterocycles. The van der Waals surface area contributed by atoms with E-state index in [-0.39, 0.29) is 17.1 Å². The van der Waals surface area contributed by atoms with Gasteiger partial charge < -0.3 is 10.6 Å². The lowest BCUT2D eigenvalue weighted by Crippen LogP contribution is -2.24. The molecule has 4 aromatic rings. The zero-order valence-electron chi connectivity index (χ0n) is 20.1. The number of carbonyl (C=O) groups excluding carboxylic acids is 2. The standard InChI is InChI=1S/C29H27N3O2S2/c1-3-26(28(34)32-29-31-25(19-35-29)22-15-12-20(2)13-16-22)36-24-11-7-10-23(18-24)30-27(33)17-14-21-8-5-4-6-9-21/h4-19,26H,3H2,1-2H3,(H,30,33)(H,31,32,34)/b17-14+. The zero-order chi connectivity index (χ0) is 25.3. The molecule has 0 aliphatic carbocycles. The highest BCUT2D eigenvalue weighted by molar-refractivity contribution is 8.00. The van der Waals surface area contributed by atoms with E-state index < -0.39 is 0 Å². The first-order chi connectivity index (χ1) is 17.5. The summed E-state index contributed by atoms with van der Waals surface area (Å²) in [6.07, 6.45) is 3.94. The van der Waals surface area contributed by atoms with E-state index in [2.05, 4.69) is 15.6 Å².